The fourth-order valence-electron chi connectivity index (χ4n) is 1.67. The minimum absolute atomic E-state index is 0.888. The first-order chi connectivity index (χ1) is 8.20. The Bertz CT molecular complexity index is 489. The van der Waals surface area contributed by atoms with E-state index in [9.17, 15) is 0 Å². The van der Waals surface area contributed by atoms with Crippen LogP contribution in [0.15, 0.2) is 42.5 Å². The molecule has 0 amide bonds. The van der Waals surface area contributed by atoms with Gasteiger partial charge in [0.1, 0.15) is 5.82 Å². The number of hydrogen-bond donors (Lipinski definition) is 1. The largest absolute Gasteiger partial charge is 0.378 e. The first kappa shape index (κ1) is 11.5. The summed E-state index contributed by atoms with van der Waals surface area (Å²) in [5, 5.41) is 3.05. The molecule has 1 N–H and O–H groups in total. The second-order valence-corrected chi connectivity index (χ2v) is 4.10. The third-order valence-electron chi connectivity index (χ3n) is 2.68. The topological polar surface area (TPSA) is 28.2 Å². The molecule has 3 nitrogen and oxygen atoms in total. The van der Waals surface area contributed by atoms with Crippen molar-refractivity contribution in [3.63, 3.8) is 0 Å². The summed E-state index contributed by atoms with van der Waals surface area (Å²) in [6.45, 7) is 0. The van der Waals surface area contributed by atoms with Crippen LogP contribution in [-0.4, -0.2) is 26.1 Å². The van der Waals surface area contributed by atoms with Gasteiger partial charge in [-0.05, 0) is 24.3 Å². The van der Waals surface area contributed by atoms with E-state index in [1.165, 1.54) is 5.69 Å². The van der Waals surface area contributed by atoms with Crippen molar-refractivity contribution in [2.45, 2.75) is 0 Å². The predicted molar refractivity (Wildman–Crippen MR) is 73.5 cm³/mol. The van der Waals surface area contributed by atoms with Crippen molar-refractivity contribution in [2.75, 3.05) is 31.4 Å². The van der Waals surface area contributed by atoms with Gasteiger partial charge >= 0.3 is 0 Å². The van der Waals surface area contributed by atoms with Crippen LogP contribution in [0, 0.1) is 0 Å². The van der Waals surface area contributed by atoms with Crippen molar-refractivity contribution in [3.8, 4) is 11.3 Å². The number of rotatable bonds is 3. The van der Waals surface area contributed by atoms with Crippen LogP contribution in [0.2, 0.25) is 0 Å². The van der Waals surface area contributed by atoms with Crippen LogP contribution in [0.4, 0.5) is 11.5 Å². The lowest BCUT2D eigenvalue weighted by atomic mass is 10.1. The molecule has 1 aromatic heterocycles. The Morgan fingerprint density at radius 1 is 1.00 bits per heavy atom. The highest BCUT2D eigenvalue weighted by atomic mass is 15.1. The Morgan fingerprint density at radius 3 is 2.29 bits per heavy atom. The molecule has 2 rings (SSSR count). The quantitative estimate of drug-likeness (QED) is 0.874. The zero-order valence-electron chi connectivity index (χ0n) is 10.4. The third kappa shape index (κ3) is 2.56. The second-order valence-electron chi connectivity index (χ2n) is 4.10. The maximum absolute atomic E-state index is 4.51. The van der Waals surface area contributed by atoms with E-state index in [1.54, 1.807) is 0 Å². The van der Waals surface area contributed by atoms with Crippen molar-refractivity contribution >= 4 is 11.5 Å². The SMILES string of the molecule is CNc1cccc(-c2ccc(N(C)C)cc2)n1. The standard InChI is InChI=1S/C14H17N3/c1-15-14-6-4-5-13(16-14)11-7-9-12(10-8-11)17(2)3/h4-10H,1-3H3,(H,15,16). The number of benzene rings is 1. The van der Waals surface area contributed by atoms with Crippen LogP contribution in [-0.2, 0) is 0 Å². The van der Waals surface area contributed by atoms with Gasteiger partial charge in [0.2, 0.25) is 0 Å². The summed E-state index contributed by atoms with van der Waals surface area (Å²) in [5.41, 5.74) is 3.31. The van der Waals surface area contributed by atoms with Crippen LogP contribution in [0.1, 0.15) is 0 Å². The Kier molecular flexibility index (Phi) is 3.28. The number of hydrogen-bond acceptors (Lipinski definition) is 3. The molecule has 1 aromatic carbocycles. The van der Waals surface area contributed by atoms with Crippen LogP contribution in [0.3, 0.4) is 0 Å². The molecule has 88 valence electrons. The first-order valence-electron chi connectivity index (χ1n) is 5.63. The fraction of sp³-hybridized carbons (Fsp3) is 0.214. The number of aromatic nitrogens is 1. The predicted octanol–water partition coefficient (Wildman–Crippen LogP) is 2.86. The van der Waals surface area contributed by atoms with Gasteiger partial charge in [-0.25, -0.2) is 4.98 Å². The zero-order chi connectivity index (χ0) is 12.3. The molecule has 0 saturated carbocycles. The van der Waals surface area contributed by atoms with Gasteiger partial charge in [0, 0.05) is 32.4 Å². The molecule has 0 aliphatic heterocycles. The van der Waals surface area contributed by atoms with Gasteiger partial charge in [0.15, 0.2) is 0 Å². The van der Waals surface area contributed by atoms with Gasteiger partial charge in [-0.1, -0.05) is 18.2 Å². The first-order valence-corrected chi connectivity index (χ1v) is 5.63. The molecule has 0 radical (unpaired) electrons. The molecule has 0 aliphatic rings. The minimum atomic E-state index is 0.888. The summed E-state index contributed by atoms with van der Waals surface area (Å²) in [5.74, 6) is 0.888. The van der Waals surface area contributed by atoms with Crippen molar-refractivity contribution in [2.24, 2.45) is 0 Å². The summed E-state index contributed by atoms with van der Waals surface area (Å²) in [6.07, 6.45) is 0. The molecule has 0 bridgehead atoms. The average Bonchev–Trinajstić information content (AvgIpc) is 2.39. The van der Waals surface area contributed by atoms with Gasteiger partial charge in [0.05, 0.1) is 5.69 Å². The average molecular weight is 227 g/mol. The summed E-state index contributed by atoms with van der Waals surface area (Å²) < 4.78 is 0. The third-order valence-corrected chi connectivity index (χ3v) is 2.68. The molecule has 0 spiro atoms. The Labute approximate surface area is 102 Å². The maximum Gasteiger partial charge on any atom is 0.126 e. The Balaban J connectivity index is 2.32. The molecule has 0 saturated heterocycles. The van der Waals surface area contributed by atoms with Crippen molar-refractivity contribution in [3.05, 3.63) is 42.5 Å². The zero-order valence-corrected chi connectivity index (χ0v) is 10.4. The van der Waals surface area contributed by atoms with Gasteiger partial charge in [0.25, 0.3) is 0 Å². The van der Waals surface area contributed by atoms with E-state index in [-0.39, 0.29) is 0 Å². The lowest BCUT2D eigenvalue weighted by Crippen LogP contribution is -2.07. The van der Waals surface area contributed by atoms with Crippen molar-refractivity contribution in [1.82, 2.24) is 4.98 Å². The second kappa shape index (κ2) is 4.87. The Hall–Kier alpha value is -2.03. The molecule has 0 aliphatic carbocycles. The molecular weight excluding hydrogens is 210 g/mol. The maximum atomic E-state index is 4.51. The van der Waals surface area contributed by atoms with Crippen LogP contribution in [0.25, 0.3) is 11.3 Å². The normalized spacial score (nSPS) is 10.1. The number of pyridine rings is 1. The number of nitrogens with zero attached hydrogens (tertiary/aromatic N) is 2. The van der Waals surface area contributed by atoms with Crippen LogP contribution in [0.5, 0.6) is 0 Å². The van der Waals surface area contributed by atoms with Crippen LogP contribution >= 0.6 is 0 Å². The van der Waals surface area contributed by atoms with Crippen molar-refractivity contribution < 1.29 is 0 Å². The molecular formula is C14H17N3. The fourth-order valence-corrected chi connectivity index (χ4v) is 1.67. The van der Waals surface area contributed by atoms with E-state index < -0.39 is 0 Å². The lowest BCUT2D eigenvalue weighted by Gasteiger charge is -2.12. The van der Waals surface area contributed by atoms with E-state index in [4.69, 9.17) is 0 Å². The van der Waals surface area contributed by atoms with Gasteiger partial charge in [-0.2, -0.15) is 0 Å². The minimum Gasteiger partial charge on any atom is -0.378 e. The number of anilines is 2. The Morgan fingerprint density at radius 2 is 1.71 bits per heavy atom. The molecule has 1 heterocycles. The van der Waals surface area contributed by atoms with Gasteiger partial charge in [-0.15, -0.1) is 0 Å². The van der Waals surface area contributed by atoms with E-state index in [2.05, 4.69) is 39.5 Å². The van der Waals surface area contributed by atoms with Crippen molar-refractivity contribution in [1.29, 1.82) is 0 Å². The van der Waals surface area contributed by atoms with Gasteiger partial charge in [-0.3, -0.25) is 0 Å². The molecule has 3 heteroatoms. The molecule has 2 aromatic rings. The molecule has 0 fully saturated rings. The lowest BCUT2D eigenvalue weighted by molar-refractivity contribution is 1.13. The van der Waals surface area contributed by atoms with E-state index in [0.29, 0.717) is 0 Å². The summed E-state index contributed by atoms with van der Waals surface area (Å²) >= 11 is 0. The molecule has 0 atom stereocenters. The summed E-state index contributed by atoms with van der Waals surface area (Å²) in [4.78, 5) is 6.60. The van der Waals surface area contributed by atoms with Crippen LogP contribution < -0.4 is 10.2 Å². The van der Waals surface area contributed by atoms with E-state index >= 15 is 0 Å². The highest BCUT2D eigenvalue weighted by Crippen LogP contribution is 2.21. The monoisotopic (exact) mass is 227 g/mol. The summed E-state index contributed by atoms with van der Waals surface area (Å²) in [6, 6.07) is 14.4. The molecule has 0 unspecified atom stereocenters. The number of nitrogens with one attached hydrogen (secondary N) is 1. The highest BCUT2D eigenvalue weighted by Gasteiger charge is 2.01. The molecule has 17 heavy (non-hydrogen) atoms. The summed E-state index contributed by atoms with van der Waals surface area (Å²) in [7, 11) is 5.95. The van der Waals surface area contributed by atoms with E-state index in [1.807, 2.05) is 39.3 Å². The highest BCUT2D eigenvalue weighted by molar-refractivity contribution is 5.64. The van der Waals surface area contributed by atoms with Gasteiger partial charge < -0.3 is 10.2 Å². The van der Waals surface area contributed by atoms with E-state index in [0.717, 1.165) is 17.1 Å². The smallest absolute Gasteiger partial charge is 0.126 e.